The maximum absolute atomic E-state index is 13.6. The van der Waals surface area contributed by atoms with Crippen molar-refractivity contribution in [1.82, 2.24) is 10.3 Å². The van der Waals surface area contributed by atoms with E-state index >= 15 is 0 Å². The van der Waals surface area contributed by atoms with Gasteiger partial charge in [0.1, 0.15) is 11.5 Å². The third-order valence-electron chi connectivity index (χ3n) is 6.03. The van der Waals surface area contributed by atoms with Crippen LogP contribution in [-0.2, 0) is 17.4 Å². The molecule has 1 aliphatic rings. The number of hydrogen-bond acceptors (Lipinski definition) is 3. The number of aryl methyl sites for hydroxylation is 1. The summed E-state index contributed by atoms with van der Waals surface area (Å²) in [6.07, 6.45) is -0.939. The second-order valence-electron chi connectivity index (χ2n) is 8.59. The van der Waals surface area contributed by atoms with Crippen molar-refractivity contribution in [2.75, 3.05) is 5.32 Å². The van der Waals surface area contributed by atoms with Crippen LogP contribution in [0.2, 0.25) is 5.02 Å². The third kappa shape index (κ3) is 5.97. The molecule has 1 saturated carbocycles. The predicted molar refractivity (Wildman–Crippen MR) is 124 cm³/mol. The van der Waals surface area contributed by atoms with E-state index in [1.54, 1.807) is 30.3 Å². The van der Waals surface area contributed by atoms with Gasteiger partial charge >= 0.3 is 6.18 Å². The zero-order valence-electron chi connectivity index (χ0n) is 18.3. The molecule has 1 aliphatic carbocycles. The normalized spacial score (nSPS) is 18.6. The Bertz CT molecular complexity index is 1180. The molecule has 2 atom stereocenters. The first kappa shape index (κ1) is 24.3. The average Bonchev–Trinajstić information content (AvgIpc) is 2.79. The Hall–Kier alpha value is -2.87. The summed E-state index contributed by atoms with van der Waals surface area (Å²) in [6, 6.07) is 12.1. The van der Waals surface area contributed by atoms with Crippen molar-refractivity contribution in [2.45, 2.75) is 56.8 Å². The molecule has 1 amide bonds. The van der Waals surface area contributed by atoms with Gasteiger partial charge in [-0.25, -0.2) is 9.37 Å². The van der Waals surface area contributed by atoms with Crippen LogP contribution in [0, 0.1) is 5.82 Å². The molecule has 1 fully saturated rings. The number of aromatic nitrogens is 1. The van der Waals surface area contributed by atoms with Crippen LogP contribution in [-0.4, -0.2) is 23.0 Å². The largest absolute Gasteiger partial charge is 0.433 e. The number of hydrogen-bond donors (Lipinski definition) is 2. The summed E-state index contributed by atoms with van der Waals surface area (Å²) >= 11 is 5.69. The lowest BCUT2D eigenvalue weighted by molar-refractivity contribution is -0.140. The fraction of sp³-hybridized carbons (Fsp3) is 0.360. The summed E-state index contributed by atoms with van der Waals surface area (Å²) in [4.78, 5) is 16.2. The number of fused-ring (bicyclic) bond motifs is 1. The first-order valence-electron chi connectivity index (χ1n) is 11.2. The van der Waals surface area contributed by atoms with Crippen LogP contribution < -0.4 is 10.6 Å². The number of carbonyl (C=O) groups is 1. The van der Waals surface area contributed by atoms with Gasteiger partial charge in [0.2, 0.25) is 5.91 Å². The molecule has 2 aromatic carbocycles. The second-order valence-corrected chi connectivity index (χ2v) is 9.00. The van der Waals surface area contributed by atoms with Gasteiger partial charge in [-0.3, -0.25) is 4.79 Å². The van der Waals surface area contributed by atoms with E-state index in [-0.39, 0.29) is 35.0 Å². The van der Waals surface area contributed by atoms with Gasteiger partial charge in [-0.2, -0.15) is 13.2 Å². The van der Waals surface area contributed by atoms with Gasteiger partial charge in [-0.15, -0.1) is 0 Å². The maximum Gasteiger partial charge on any atom is 0.433 e. The Labute approximate surface area is 199 Å². The van der Waals surface area contributed by atoms with Crippen LogP contribution in [0.4, 0.5) is 23.2 Å². The van der Waals surface area contributed by atoms with E-state index in [1.165, 1.54) is 12.1 Å². The quantitative estimate of drug-likeness (QED) is 0.384. The van der Waals surface area contributed by atoms with E-state index in [2.05, 4.69) is 15.6 Å². The summed E-state index contributed by atoms with van der Waals surface area (Å²) < 4.78 is 53.6. The number of nitrogens with one attached hydrogen (secondary N) is 2. The molecule has 1 heterocycles. The molecule has 0 saturated heterocycles. The zero-order valence-corrected chi connectivity index (χ0v) is 19.0. The highest BCUT2D eigenvalue weighted by atomic mass is 35.5. The molecular formula is C25H24ClF4N3O. The van der Waals surface area contributed by atoms with Gasteiger partial charge in [0.25, 0.3) is 0 Å². The second kappa shape index (κ2) is 10.2. The van der Waals surface area contributed by atoms with E-state index in [9.17, 15) is 22.4 Å². The van der Waals surface area contributed by atoms with Crippen LogP contribution in [0.15, 0.2) is 48.5 Å². The molecule has 9 heteroatoms. The molecule has 4 rings (SSSR count). The van der Waals surface area contributed by atoms with Crippen molar-refractivity contribution in [3.05, 3.63) is 70.6 Å². The van der Waals surface area contributed by atoms with Gasteiger partial charge in [-0.05, 0) is 61.9 Å². The van der Waals surface area contributed by atoms with Crippen molar-refractivity contribution in [3.63, 3.8) is 0 Å². The average molecular weight is 494 g/mol. The number of alkyl halides is 3. The number of para-hydroxylation sites is 1. The highest BCUT2D eigenvalue weighted by Crippen LogP contribution is 2.34. The van der Waals surface area contributed by atoms with Gasteiger partial charge < -0.3 is 10.6 Å². The first-order chi connectivity index (χ1) is 16.2. The number of anilines is 1. The highest BCUT2D eigenvalue weighted by molar-refractivity contribution is 6.30. The molecule has 4 nitrogen and oxygen atoms in total. The monoisotopic (exact) mass is 493 g/mol. The molecule has 0 aliphatic heterocycles. The third-order valence-corrected chi connectivity index (χ3v) is 6.34. The van der Waals surface area contributed by atoms with Gasteiger partial charge in [0.15, 0.2) is 0 Å². The number of halogens is 5. The first-order valence-corrected chi connectivity index (χ1v) is 11.5. The minimum Gasteiger partial charge on any atom is -0.382 e. The van der Waals surface area contributed by atoms with Crippen LogP contribution in [0.25, 0.3) is 10.9 Å². The number of amides is 1. The van der Waals surface area contributed by atoms with Gasteiger partial charge in [0.05, 0.1) is 10.5 Å². The minimum absolute atomic E-state index is 0.0401. The lowest BCUT2D eigenvalue weighted by Crippen LogP contribution is -2.41. The van der Waals surface area contributed by atoms with Gasteiger partial charge in [0, 0.05) is 29.6 Å². The standard InChI is InChI=1S/C25H24ClF4N3O/c26-19-10-8-15(12-20(19)27)9-11-24(34)32-17-5-3-4-16(13-17)31-22-14-23(25(28,29)30)33-21-7-2-1-6-18(21)22/h1-2,6-8,10,12,14,16-17H,3-5,9,11,13H2,(H,31,33)(H,32,34)/t16-,17+/m0/s1. The highest BCUT2D eigenvalue weighted by Gasteiger charge is 2.34. The molecule has 0 spiro atoms. The molecule has 0 unspecified atom stereocenters. The molecule has 34 heavy (non-hydrogen) atoms. The number of nitrogens with zero attached hydrogens (tertiary/aromatic N) is 1. The van der Waals surface area contributed by atoms with E-state index in [0.29, 0.717) is 29.5 Å². The van der Waals surface area contributed by atoms with Crippen LogP contribution in [0.1, 0.15) is 43.4 Å². The fourth-order valence-electron chi connectivity index (χ4n) is 4.36. The summed E-state index contributed by atoms with van der Waals surface area (Å²) in [5.74, 6) is -0.659. The topological polar surface area (TPSA) is 54.0 Å². The van der Waals surface area contributed by atoms with Crippen LogP contribution in [0.3, 0.4) is 0 Å². The van der Waals surface area contributed by atoms with E-state index in [1.807, 2.05) is 0 Å². The van der Waals surface area contributed by atoms with Crippen molar-refractivity contribution in [2.24, 2.45) is 0 Å². The number of carbonyl (C=O) groups excluding carboxylic acids is 1. The summed E-state index contributed by atoms with van der Waals surface area (Å²) in [5.41, 5.74) is 0.414. The van der Waals surface area contributed by atoms with Crippen molar-refractivity contribution in [3.8, 4) is 0 Å². The maximum atomic E-state index is 13.6. The van der Waals surface area contributed by atoms with E-state index in [0.717, 1.165) is 25.3 Å². The van der Waals surface area contributed by atoms with Crippen molar-refractivity contribution in [1.29, 1.82) is 0 Å². The summed E-state index contributed by atoms with van der Waals surface area (Å²) in [7, 11) is 0. The Morgan fingerprint density at radius 2 is 1.85 bits per heavy atom. The molecule has 0 bridgehead atoms. The zero-order chi connectivity index (χ0) is 24.3. The smallest absolute Gasteiger partial charge is 0.382 e. The minimum atomic E-state index is -4.55. The van der Waals surface area contributed by atoms with Crippen LogP contribution >= 0.6 is 11.6 Å². The summed E-state index contributed by atoms with van der Waals surface area (Å²) in [5, 5.41) is 6.94. The Morgan fingerprint density at radius 1 is 1.09 bits per heavy atom. The molecular weight excluding hydrogens is 470 g/mol. The fourth-order valence-corrected chi connectivity index (χ4v) is 4.48. The van der Waals surface area contributed by atoms with E-state index in [4.69, 9.17) is 11.6 Å². The Balaban J connectivity index is 1.39. The molecule has 2 N–H and O–H groups in total. The van der Waals surface area contributed by atoms with E-state index < -0.39 is 17.7 Å². The number of pyridine rings is 1. The van der Waals surface area contributed by atoms with Crippen LogP contribution in [0.5, 0.6) is 0 Å². The molecule has 180 valence electrons. The molecule has 1 aromatic heterocycles. The molecule has 0 radical (unpaired) electrons. The number of rotatable bonds is 6. The van der Waals surface area contributed by atoms with Gasteiger partial charge in [-0.1, -0.05) is 35.9 Å². The lowest BCUT2D eigenvalue weighted by Gasteiger charge is -2.31. The van der Waals surface area contributed by atoms with Crippen molar-refractivity contribution < 1.29 is 22.4 Å². The Kier molecular flexibility index (Phi) is 7.26. The van der Waals surface area contributed by atoms with Crippen molar-refractivity contribution >= 4 is 34.1 Å². The predicted octanol–water partition coefficient (Wildman–Crippen LogP) is 6.52. The summed E-state index contributed by atoms with van der Waals surface area (Å²) in [6.45, 7) is 0. The lowest BCUT2D eigenvalue weighted by atomic mass is 9.90. The Morgan fingerprint density at radius 3 is 2.62 bits per heavy atom. The number of benzene rings is 2. The molecule has 3 aromatic rings. The SMILES string of the molecule is O=C(CCc1ccc(Cl)c(F)c1)N[C@@H]1CCC[C@H](Nc2cc(C(F)(F)F)nc3ccccc23)C1.